The molecular weight excluding hydrogens is 330 g/mol. The van der Waals surface area contributed by atoms with E-state index in [0.717, 1.165) is 43.8 Å². The number of esters is 1. The Morgan fingerprint density at radius 1 is 1.17 bits per heavy atom. The zero-order chi connectivity index (χ0) is 16.8. The third-order valence-corrected chi connectivity index (χ3v) is 5.86. The Kier molecular flexibility index (Phi) is 5.42. The third-order valence-electron chi connectivity index (χ3n) is 5.86. The highest BCUT2D eigenvalue weighted by atomic mass is 35.5. The zero-order valence-electron chi connectivity index (χ0n) is 14.8. The molecule has 1 aromatic rings. The lowest BCUT2D eigenvalue weighted by Gasteiger charge is -2.53. The van der Waals surface area contributed by atoms with Crippen molar-refractivity contribution in [1.29, 1.82) is 0 Å². The maximum absolute atomic E-state index is 13.1. The van der Waals surface area contributed by atoms with Crippen LogP contribution in [0.2, 0.25) is 0 Å². The molecule has 1 unspecified atom stereocenters. The summed E-state index contributed by atoms with van der Waals surface area (Å²) < 4.78 is 5.71. The number of methoxy groups -OCH3 is 1. The van der Waals surface area contributed by atoms with Gasteiger partial charge in [-0.3, -0.25) is 9.69 Å². The number of rotatable bonds is 4. The first-order valence-electron chi connectivity index (χ1n) is 8.29. The number of aryl methyl sites for hydroxylation is 1. The number of carbonyl (C=O) groups excluding carboxylic acids is 2. The van der Waals surface area contributed by atoms with Crippen molar-refractivity contribution < 1.29 is 31.2 Å². The maximum Gasteiger partial charge on any atom is 0.339 e. The topological polar surface area (TPSA) is 62.4 Å². The van der Waals surface area contributed by atoms with Crippen LogP contribution < -0.4 is 12.4 Å². The molecule has 134 valence electrons. The van der Waals surface area contributed by atoms with E-state index in [1.165, 1.54) is 7.11 Å². The summed E-state index contributed by atoms with van der Waals surface area (Å²) in [5, 5.41) is 0. The Morgan fingerprint density at radius 2 is 1.71 bits per heavy atom. The lowest BCUT2D eigenvalue weighted by molar-refractivity contribution is -0.952. The number of Topliss-reactive ketones (excluding diaryl/α,β-unsaturated/α-hetero) is 1. The highest BCUT2D eigenvalue weighted by Gasteiger charge is 2.46. The first kappa shape index (κ1) is 19.0. The summed E-state index contributed by atoms with van der Waals surface area (Å²) in [6.07, 6.45) is 0. The van der Waals surface area contributed by atoms with E-state index in [2.05, 4.69) is 9.88 Å². The number of halogens is 1. The van der Waals surface area contributed by atoms with E-state index in [-0.39, 0.29) is 30.2 Å². The van der Waals surface area contributed by atoms with Crippen LogP contribution in [0.5, 0.6) is 0 Å². The summed E-state index contributed by atoms with van der Waals surface area (Å²) in [7, 11) is 1.37. The molecule has 24 heavy (non-hydrogen) atoms. The van der Waals surface area contributed by atoms with E-state index < -0.39 is 0 Å². The van der Waals surface area contributed by atoms with Gasteiger partial charge in [0.1, 0.15) is 0 Å². The lowest BCUT2D eigenvalue weighted by Crippen LogP contribution is -3.00. The van der Waals surface area contributed by atoms with Crippen LogP contribution in [0.4, 0.5) is 0 Å². The average molecular weight is 356 g/mol. The van der Waals surface area contributed by atoms with Crippen molar-refractivity contribution in [1.82, 2.24) is 9.88 Å². The number of hydrogen-bond acceptors (Lipinski definition) is 4. The molecule has 0 amide bonds. The van der Waals surface area contributed by atoms with Gasteiger partial charge in [-0.25, -0.2) is 4.79 Å². The van der Waals surface area contributed by atoms with Crippen molar-refractivity contribution >= 4 is 11.8 Å². The van der Waals surface area contributed by atoms with Gasteiger partial charge in [0.25, 0.3) is 0 Å². The van der Waals surface area contributed by atoms with E-state index in [1.807, 2.05) is 20.8 Å². The number of aromatic amines is 1. The highest BCUT2D eigenvalue weighted by Crippen LogP contribution is 2.27. The molecule has 0 saturated carbocycles. The second-order valence-electron chi connectivity index (χ2n) is 6.89. The van der Waals surface area contributed by atoms with Crippen molar-refractivity contribution in [3.63, 3.8) is 0 Å². The van der Waals surface area contributed by atoms with E-state index in [1.54, 1.807) is 0 Å². The quantitative estimate of drug-likeness (QED) is 0.391. The van der Waals surface area contributed by atoms with Crippen LogP contribution in [-0.4, -0.2) is 78.5 Å². The SMILES string of the molecule is COC(=O)c1c(C)[nH]c(C(=O)C(C)[N+]23CCN(CC2)CC3)c1C.[Cl-]. The largest absolute Gasteiger partial charge is 1.00 e. The number of aromatic nitrogens is 1. The second kappa shape index (κ2) is 6.86. The summed E-state index contributed by atoms with van der Waals surface area (Å²) >= 11 is 0. The van der Waals surface area contributed by atoms with Gasteiger partial charge in [0.2, 0.25) is 5.78 Å². The molecule has 3 aliphatic heterocycles. The Labute approximate surface area is 149 Å². The van der Waals surface area contributed by atoms with E-state index in [9.17, 15) is 9.59 Å². The molecule has 1 atom stereocenters. The van der Waals surface area contributed by atoms with Crippen molar-refractivity contribution in [3.8, 4) is 0 Å². The monoisotopic (exact) mass is 355 g/mol. The number of fused-ring (bicyclic) bond motifs is 3. The van der Waals surface area contributed by atoms with Gasteiger partial charge in [-0.1, -0.05) is 0 Å². The van der Waals surface area contributed by atoms with Crippen LogP contribution in [0.3, 0.4) is 0 Å². The molecule has 2 bridgehead atoms. The number of ether oxygens (including phenoxy) is 1. The van der Waals surface area contributed by atoms with Crippen LogP contribution in [-0.2, 0) is 4.74 Å². The number of nitrogens with zero attached hydrogens (tertiary/aromatic N) is 2. The van der Waals surface area contributed by atoms with Crippen molar-refractivity contribution in [2.24, 2.45) is 0 Å². The molecule has 4 rings (SSSR count). The number of quaternary nitrogens is 1. The molecule has 1 N–H and O–H groups in total. The summed E-state index contributed by atoms with van der Waals surface area (Å²) in [5.74, 6) is -0.280. The first-order chi connectivity index (χ1) is 10.9. The average Bonchev–Trinajstić information content (AvgIpc) is 2.89. The molecule has 0 aromatic carbocycles. The molecule has 3 saturated heterocycles. The van der Waals surface area contributed by atoms with Crippen molar-refractivity contribution in [3.05, 3.63) is 22.5 Å². The molecule has 0 spiro atoms. The smallest absolute Gasteiger partial charge is 0.339 e. The van der Waals surface area contributed by atoms with Gasteiger partial charge in [-0.2, -0.15) is 0 Å². The van der Waals surface area contributed by atoms with E-state index >= 15 is 0 Å². The number of carbonyl (C=O) groups is 2. The van der Waals surface area contributed by atoms with Crippen molar-refractivity contribution in [2.75, 3.05) is 46.4 Å². The number of H-pyrrole nitrogens is 1. The summed E-state index contributed by atoms with van der Waals surface area (Å²) in [6, 6.07) is -0.0836. The minimum Gasteiger partial charge on any atom is -1.00 e. The van der Waals surface area contributed by atoms with Crippen molar-refractivity contribution in [2.45, 2.75) is 26.8 Å². The molecule has 6 nitrogen and oxygen atoms in total. The minimum absolute atomic E-state index is 0. The van der Waals surface area contributed by atoms with Gasteiger partial charge in [0, 0.05) is 25.3 Å². The summed E-state index contributed by atoms with van der Waals surface area (Å²) in [4.78, 5) is 30.6. The van der Waals surface area contributed by atoms with Crippen LogP contribution in [0.1, 0.15) is 39.0 Å². The predicted molar refractivity (Wildman–Crippen MR) is 86.7 cm³/mol. The fourth-order valence-corrected chi connectivity index (χ4v) is 4.14. The van der Waals surface area contributed by atoms with Gasteiger partial charge in [-0.15, -0.1) is 0 Å². The summed E-state index contributed by atoms with van der Waals surface area (Å²) in [5.41, 5.74) is 2.47. The predicted octanol–water partition coefficient (Wildman–Crippen LogP) is -1.86. The number of hydrogen-bond donors (Lipinski definition) is 1. The lowest BCUT2D eigenvalue weighted by atomic mass is 9.99. The Balaban J connectivity index is 0.00000208. The fraction of sp³-hybridized carbons (Fsp3) is 0.647. The Bertz CT molecular complexity index is 634. The van der Waals surface area contributed by atoms with Gasteiger partial charge >= 0.3 is 5.97 Å². The molecule has 3 aliphatic rings. The number of nitrogens with one attached hydrogen (secondary N) is 1. The fourth-order valence-electron chi connectivity index (χ4n) is 4.14. The van der Waals surface area contributed by atoms with Gasteiger partial charge in [0.05, 0.1) is 38.0 Å². The molecule has 0 aliphatic carbocycles. The maximum atomic E-state index is 13.1. The van der Waals surface area contributed by atoms with Gasteiger partial charge in [-0.05, 0) is 26.3 Å². The third kappa shape index (κ3) is 2.87. The van der Waals surface area contributed by atoms with Crippen LogP contribution in [0.25, 0.3) is 0 Å². The standard InChI is InChI=1S/C17H25N3O3.ClH/c1-11-14(17(22)23-4)12(2)18-15(11)16(21)13(3)20-8-5-19(6-9-20)7-10-20;/h13H,5-10H2,1-4H3;1H. The van der Waals surface area contributed by atoms with Crippen LogP contribution >= 0.6 is 0 Å². The van der Waals surface area contributed by atoms with Gasteiger partial charge in [0.15, 0.2) is 6.04 Å². The Hall–Kier alpha value is -1.37. The summed E-state index contributed by atoms with van der Waals surface area (Å²) in [6.45, 7) is 12.0. The van der Waals surface area contributed by atoms with Crippen LogP contribution in [0, 0.1) is 13.8 Å². The normalized spacial score (nSPS) is 26.6. The molecule has 4 heterocycles. The van der Waals surface area contributed by atoms with E-state index in [0.29, 0.717) is 22.5 Å². The van der Waals surface area contributed by atoms with Crippen LogP contribution in [0.15, 0.2) is 0 Å². The Morgan fingerprint density at radius 3 is 2.21 bits per heavy atom. The molecular formula is C17H26ClN3O3. The van der Waals surface area contributed by atoms with Gasteiger partial charge < -0.3 is 26.6 Å². The first-order valence-corrected chi connectivity index (χ1v) is 8.29. The molecule has 0 radical (unpaired) electrons. The highest BCUT2D eigenvalue weighted by molar-refractivity contribution is 6.03. The zero-order valence-corrected chi connectivity index (χ0v) is 15.6. The molecule has 3 fully saturated rings. The molecule has 1 aromatic heterocycles. The minimum atomic E-state index is -0.387. The molecule has 7 heteroatoms. The van der Waals surface area contributed by atoms with E-state index in [4.69, 9.17) is 4.74 Å². The second-order valence-corrected chi connectivity index (χ2v) is 6.89. The number of ketones is 1. The number of piperazine rings is 3.